The zero-order valence-electron chi connectivity index (χ0n) is 21.3. The highest BCUT2D eigenvalue weighted by Crippen LogP contribution is 2.20. The molecule has 0 aliphatic rings. The first-order valence-corrected chi connectivity index (χ1v) is 12.4. The lowest BCUT2D eigenvalue weighted by atomic mass is 10.0. The fourth-order valence-corrected chi connectivity index (χ4v) is 3.91. The lowest BCUT2D eigenvalue weighted by Crippen LogP contribution is -2.50. The third-order valence-corrected chi connectivity index (χ3v) is 5.78. The van der Waals surface area contributed by atoms with Gasteiger partial charge in [0, 0.05) is 19.5 Å². The summed E-state index contributed by atoms with van der Waals surface area (Å²) in [5.41, 5.74) is 3.84. The number of rotatable bonds is 12. The minimum absolute atomic E-state index is 0.0525. The monoisotopic (exact) mass is 502 g/mol. The highest BCUT2D eigenvalue weighted by atomic mass is 16.5. The molecular weight excluding hydrogens is 468 g/mol. The van der Waals surface area contributed by atoms with Crippen molar-refractivity contribution in [3.05, 3.63) is 96.1 Å². The number of benzene rings is 3. The number of carbonyl (C=O) groups is 3. The lowest BCUT2D eigenvalue weighted by molar-refractivity contribution is -0.147. The number of nitrogens with one attached hydrogen (secondary N) is 1. The molecule has 0 unspecified atom stereocenters. The van der Waals surface area contributed by atoms with Crippen LogP contribution < -0.4 is 5.32 Å². The zero-order valence-corrected chi connectivity index (χ0v) is 21.3. The van der Waals surface area contributed by atoms with Crippen molar-refractivity contribution in [1.82, 2.24) is 10.2 Å². The predicted molar refractivity (Wildman–Crippen MR) is 143 cm³/mol. The van der Waals surface area contributed by atoms with Gasteiger partial charge in [0.25, 0.3) is 0 Å². The molecule has 0 spiro atoms. The van der Waals surface area contributed by atoms with Crippen molar-refractivity contribution < 1.29 is 24.2 Å². The minimum Gasteiger partial charge on any atom is -0.481 e. The van der Waals surface area contributed by atoms with Gasteiger partial charge in [-0.15, -0.1) is 0 Å². The van der Waals surface area contributed by atoms with Crippen molar-refractivity contribution in [3.8, 4) is 11.1 Å². The van der Waals surface area contributed by atoms with Gasteiger partial charge >= 0.3 is 18.0 Å². The molecule has 3 aromatic rings. The second kappa shape index (κ2) is 13.8. The van der Waals surface area contributed by atoms with Crippen molar-refractivity contribution in [3.63, 3.8) is 0 Å². The molecule has 2 N–H and O–H groups in total. The van der Waals surface area contributed by atoms with Gasteiger partial charge in [0.05, 0.1) is 6.42 Å². The molecule has 0 fully saturated rings. The molecule has 37 heavy (non-hydrogen) atoms. The summed E-state index contributed by atoms with van der Waals surface area (Å²) in [6, 6.07) is 25.7. The van der Waals surface area contributed by atoms with Crippen molar-refractivity contribution >= 4 is 18.0 Å². The number of aliphatic carboxylic acids is 1. The van der Waals surface area contributed by atoms with Crippen LogP contribution in [0.25, 0.3) is 11.1 Å². The average molecular weight is 503 g/mol. The molecule has 7 heteroatoms. The summed E-state index contributed by atoms with van der Waals surface area (Å²) in [4.78, 5) is 38.8. The summed E-state index contributed by atoms with van der Waals surface area (Å²) in [5, 5.41) is 11.9. The van der Waals surface area contributed by atoms with E-state index in [9.17, 15) is 14.4 Å². The first-order chi connectivity index (χ1) is 17.8. The Hall–Kier alpha value is -4.13. The van der Waals surface area contributed by atoms with E-state index in [4.69, 9.17) is 9.84 Å². The molecule has 0 aliphatic carbocycles. The number of carbonyl (C=O) groups excluding carboxylic acids is 2. The smallest absolute Gasteiger partial charge is 0.329 e. The van der Waals surface area contributed by atoms with Crippen LogP contribution in [0.1, 0.15) is 31.4 Å². The number of carboxylic acids is 1. The fourth-order valence-electron chi connectivity index (χ4n) is 3.91. The Morgan fingerprint density at radius 2 is 1.43 bits per heavy atom. The molecule has 194 valence electrons. The maximum atomic E-state index is 13.1. The van der Waals surface area contributed by atoms with Gasteiger partial charge in [0.1, 0.15) is 12.6 Å². The molecule has 0 saturated heterocycles. The maximum Gasteiger partial charge on any atom is 0.329 e. The summed E-state index contributed by atoms with van der Waals surface area (Å²) in [6.07, 6.45) is 0.0626. The third-order valence-electron chi connectivity index (χ3n) is 5.78. The second-order valence-corrected chi connectivity index (χ2v) is 9.35. The van der Waals surface area contributed by atoms with E-state index in [2.05, 4.69) is 5.32 Å². The second-order valence-electron chi connectivity index (χ2n) is 9.35. The van der Waals surface area contributed by atoms with Crippen LogP contribution in [0, 0.1) is 5.92 Å². The van der Waals surface area contributed by atoms with Gasteiger partial charge in [-0.2, -0.15) is 0 Å². The maximum absolute atomic E-state index is 13.1. The number of hydrogen-bond donors (Lipinski definition) is 2. The normalized spacial score (nSPS) is 11.5. The van der Waals surface area contributed by atoms with E-state index in [-0.39, 0.29) is 31.9 Å². The molecule has 0 aliphatic heterocycles. The van der Waals surface area contributed by atoms with E-state index in [0.717, 1.165) is 22.3 Å². The van der Waals surface area contributed by atoms with Crippen LogP contribution in [-0.4, -0.2) is 47.1 Å². The van der Waals surface area contributed by atoms with Gasteiger partial charge in [-0.3, -0.25) is 4.79 Å². The number of nitrogens with zero attached hydrogens (tertiary/aromatic N) is 1. The van der Waals surface area contributed by atoms with Crippen LogP contribution in [0.4, 0.5) is 4.79 Å². The average Bonchev–Trinajstić information content (AvgIpc) is 2.90. The van der Waals surface area contributed by atoms with Gasteiger partial charge < -0.3 is 20.1 Å². The van der Waals surface area contributed by atoms with E-state index < -0.39 is 24.0 Å². The van der Waals surface area contributed by atoms with Crippen molar-refractivity contribution in [2.24, 2.45) is 5.92 Å². The van der Waals surface area contributed by atoms with Gasteiger partial charge in [0.2, 0.25) is 0 Å². The molecule has 0 radical (unpaired) electrons. The summed E-state index contributed by atoms with van der Waals surface area (Å²) >= 11 is 0. The fraction of sp³-hybridized carbons (Fsp3) is 0.300. The van der Waals surface area contributed by atoms with E-state index in [0.29, 0.717) is 6.54 Å². The summed E-state index contributed by atoms with van der Waals surface area (Å²) in [5.74, 6) is -1.40. The van der Waals surface area contributed by atoms with E-state index in [1.807, 2.05) is 98.8 Å². The molecule has 0 bridgehead atoms. The molecule has 0 saturated carbocycles. The first kappa shape index (κ1) is 27.5. The van der Waals surface area contributed by atoms with Crippen LogP contribution in [0.3, 0.4) is 0 Å². The molecule has 3 aromatic carbocycles. The first-order valence-electron chi connectivity index (χ1n) is 12.4. The Labute approximate surface area is 218 Å². The Bertz CT molecular complexity index is 1150. The molecule has 3 rings (SSSR count). The number of amides is 2. The molecule has 2 amide bonds. The van der Waals surface area contributed by atoms with Crippen LogP contribution >= 0.6 is 0 Å². The summed E-state index contributed by atoms with van der Waals surface area (Å²) in [7, 11) is 0. The molecule has 0 aromatic heterocycles. The number of esters is 1. The summed E-state index contributed by atoms with van der Waals surface area (Å²) < 4.78 is 5.55. The number of carboxylic acid groups (broad SMARTS) is 1. The SMILES string of the molecule is CC(C)CN(CCC(=O)O)C(=O)N[C@@H](Cc1ccc(-c2ccccc2)cc1)C(=O)OCc1ccccc1. The Balaban J connectivity index is 1.75. The van der Waals surface area contributed by atoms with Crippen LogP contribution in [-0.2, 0) is 27.4 Å². The summed E-state index contributed by atoms with van der Waals surface area (Å²) in [6.45, 7) is 4.41. The van der Waals surface area contributed by atoms with Gasteiger partial charge in [-0.1, -0.05) is 98.8 Å². The number of ether oxygens (including phenoxy) is 1. The highest BCUT2D eigenvalue weighted by Gasteiger charge is 2.26. The molecular formula is C30H34N2O5. The van der Waals surface area contributed by atoms with Crippen molar-refractivity contribution in [2.45, 2.75) is 39.3 Å². The van der Waals surface area contributed by atoms with Crippen LogP contribution in [0.15, 0.2) is 84.9 Å². The Morgan fingerprint density at radius 1 is 0.838 bits per heavy atom. The van der Waals surface area contributed by atoms with Crippen LogP contribution in [0.5, 0.6) is 0 Å². The predicted octanol–water partition coefficient (Wildman–Crippen LogP) is 5.15. The Kier molecular flexibility index (Phi) is 10.3. The molecule has 1 atom stereocenters. The quantitative estimate of drug-likeness (QED) is 0.334. The molecule has 7 nitrogen and oxygen atoms in total. The van der Waals surface area contributed by atoms with Gasteiger partial charge in [-0.05, 0) is 28.2 Å². The van der Waals surface area contributed by atoms with Crippen LogP contribution in [0.2, 0.25) is 0 Å². The standard InChI is InChI=1S/C30H34N2O5/c1-22(2)20-32(18-17-28(33)34)30(36)31-27(29(35)37-21-24-9-5-3-6-10-24)19-23-13-15-26(16-14-23)25-11-7-4-8-12-25/h3-16,22,27H,17-21H2,1-2H3,(H,31,36)(H,33,34)/t27-/m0/s1. The molecule has 0 heterocycles. The highest BCUT2D eigenvalue weighted by molar-refractivity contribution is 5.84. The van der Waals surface area contributed by atoms with E-state index in [1.165, 1.54) is 4.90 Å². The topological polar surface area (TPSA) is 95.9 Å². The van der Waals surface area contributed by atoms with Crippen molar-refractivity contribution in [2.75, 3.05) is 13.1 Å². The van der Waals surface area contributed by atoms with Crippen molar-refractivity contribution in [1.29, 1.82) is 0 Å². The number of hydrogen-bond acceptors (Lipinski definition) is 4. The van der Waals surface area contributed by atoms with E-state index >= 15 is 0 Å². The van der Waals surface area contributed by atoms with Gasteiger partial charge in [0.15, 0.2) is 0 Å². The largest absolute Gasteiger partial charge is 0.481 e. The zero-order chi connectivity index (χ0) is 26.6. The Morgan fingerprint density at radius 3 is 2.03 bits per heavy atom. The third kappa shape index (κ3) is 9.11. The minimum atomic E-state index is -0.987. The number of urea groups is 1. The lowest BCUT2D eigenvalue weighted by Gasteiger charge is -2.27. The van der Waals surface area contributed by atoms with E-state index in [1.54, 1.807) is 0 Å². The van der Waals surface area contributed by atoms with Gasteiger partial charge in [-0.25, -0.2) is 9.59 Å².